The van der Waals surface area contributed by atoms with Gasteiger partial charge in [-0.15, -0.1) is 0 Å². The van der Waals surface area contributed by atoms with Crippen molar-refractivity contribution in [3.8, 4) is 11.5 Å². The van der Waals surface area contributed by atoms with Crippen LogP contribution in [0.25, 0.3) is 0 Å². The lowest BCUT2D eigenvalue weighted by Gasteiger charge is -2.66. The summed E-state index contributed by atoms with van der Waals surface area (Å²) in [6, 6.07) is 3.73. The zero-order valence-electron chi connectivity index (χ0n) is 18.1. The molecule has 1 spiro atoms. The first-order valence-corrected chi connectivity index (χ1v) is 10.9. The van der Waals surface area contributed by atoms with Crippen molar-refractivity contribution in [2.24, 2.45) is 17.3 Å². The van der Waals surface area contributed by atoms with E-state index in [0.717, 1.165) is 31.5 Å². The summed E-state index contributed by atoms with van der Waals surface area (Å²) >= 11 is 0. The quantitative estimate of drug-likeness (QED) is 0.763. The zero-order chi connectivity index (χ0) is 21.3. The summed E-state index contributed by atoms with van der Waals surface area (Å²) in [5.41, 5.74) is -0.291. The van der Waals surface area contributed by atoms with Gasteiger partial charge >= 0.3 is 5.97 Å². The Morgan fingerprint density at radius 1 is 1.23 bits per heavy atom. The highest BCUT2D eigenvalue weighted by atomic mass is 16.5. The molecule has 1 aliphatic carbocycles. The van der Waals surface area contributed by atoms with E-state index >= 15 is 0 Å². The van der Waals surface area contributed by atoms with Crippen molar-refractivity contribution < 1.29 is 23.8 Å². The first-order valence-electron chi connectivity index (χ1n) is 10.9. The number of piperidine rings is 3. The normalized spacial score (nSPS) is 38.2. The van der Waals surface area contributed by atoms with Gasteiger partial charge in [-0.25, -0.2) is 0 Å². The molecule has 3 saturated heterocycles. The Kier molecular flexibility index (Phi) is 4.33. The van der Waals surface area contributed by atoms with Crippen LogP contribution in [0.3, 0.4) is 0 Å². The highest BCUT2D eigenvalue weighted by Crippen LogP contribution is 2.66. The van der Waals surface area contributed by atoms with Crippen molar-refractivity contribution >= 4 is 17.6 Å². The lowest BCUT2D eigenvalue weighted by atomic mass is 9.44. The molecule has 1 saturated carbocycles. The van der Waals surface area contributed by atoms with Crippen molar-refractivity contribution in [3.05, 3.63) is 17.7 Å². The van der Waals surface area contributed by atoms with Gasteiger partial charge < -0.3 is 19.5 Å². The fraction of sp³-hybridized carbons (Fsp3) is 0.652. The van der Waals surface area contributed by atoms with Gasteiger partial charge in [0.05, 0.1) is 26.7 Å². The average molecular weight is 415 g/mol. The molecule has 7 nitrogen and oxygen atoms in total. The van der Waals surface area contributed by atoms with Crippen molar-refractivity contribution in [1.29, 1.82) is 0 Å². The van der Waals surface area contributed by atoms with E-state index < -0.39 is 10.8 Å². The highest BCUT2D eigenvalue weighted by Gasteiger charge is 2.75. The standard InChI is InChI=1S/C23H30N2O5/c1-5-14-8-13-11-23(21(27)30-4)19(14)25(12-13)7-6-22(23)15-9-17(28-2)18(29-3)10-16(15)24-20(22)26/h9-10,13-14,19H,5-8,11-12H2,1-4H3,(H,24,26)/t13-,14-,19-,22+,23+/m1/s1. The number of amides is 1. The molecule has 7 heteroatoms. The first-order chi connectivity index (χ1) is 14.5. The molecule has 6 rings (SSSR count). The maximum absolute atomic E-state index is 13.8. The summed E-state index contributed by atoms with van der Waals surface area (Å²) in [6.45, 7) is 4.00. The molecule has 1 unspecified atom stereocenters. The van der Waals surface area contributed by atoms with E-state index in [-0.39, 0.29) is 17.9 Å². The fourth-order valence-corrected chi connectivity index (χ4v) is 7.33. The van der Waals surface area contributed by atoms with Crippen LogP contribution in [0.2, 0.25) is 0 Å². The van der Waals surface area contributed by atoms with Gasteiger partial charge in [-0.1, -0.05) is 13.3 Å². The van der Waals surface area contributed by atoms with Crippen molar-refractivity contribution in [3.63, 3.8) is 0 Å². The van der Waals surface area contributed by atoms with E-state index in [2.05, 4.69) is 17.1 Å². The molecule has 1 aromatic carbocycles. The second-order valence-electron chi connectivity index (χ2n) is 9.24. The van der Waals surface area contributed by atoms with Crippen LogP contribution < -0.4 is 14.8 Å². The summed E-state index contributed by atoms with van der Waals surface area (Å²) in [7, 11) is 4.63. The molecule has 5 aliphatic rings. The Balaban J connectivity index is 1.78. The van der Waals surface area contributed by atoms with Crippen molar-refractivity contribution in [2.45, 2.75) is 44.1 Å². The molecule has 162 valence electrons. The second-order valence-corrected chi connectivity index (χ2v) is 9.24. The monoisotopic (exact) mass is 414 g/mol. The molecule has 1 N–H and O–H groups in total. The van der Waals surface area contributed by atoms with Crippen LogP contribution in [-0.4, -0.2) is 57.2 Å². The smallest absolute Gasteiger partial charge is 0.314 e. The number of ether oxygens (including phenoxy) is 3. The van der Waals surface area contributed by atoms with Crippen molar-refractivity contribution in [1.82, 2.24) is 4.90 Å². The third-order valence-corrected chi connectivity index (χ3v) is 8.31. The molecule has 4 fully saturated rings. The minimum absolute atomic E-state index is 0.0125. The number of rotatable bonds is 4. The molecule has 4 bridgehead atoms. The van der Waals surface area contributed by atoms with Gasteiger partial charge in [-0.3, -0.25) is 14.5 Å². The van der Waals surface area contributed by atoms with Crippen LogP contribution in [0.5, 0.6) is 11.5 Å². The minimum atomic E-state index is -0.956. The predicted molar refractivity (Wildman–Crippen MR) is 111 cm³/mol. The summed E-state index contributed by atoms with van der Waals surface area (Å²) in [5.74, 6) is 1.56. The molecule has 0 aromatic heterocycles. The van der Waals surface area contributed by atoms with E-state index in [9.17, 15) is 9.59 Å². The molecule has 4 aliphatic heterocycles. The van der Waals surface area contributed by atoms with E-state index in [0.29, 0.717) is 41.9 Å². The third kappa shape index (κ3) is 2.14. The van der Waals surface area contributed by atoms with Gasteiger partial charge in [0.1, 0.15) is 5.41 Å². The van der Waals surface area contributed by atoms with Crippen LogP contribution in [0.15, 0.2) is 12.1 Å². The second kappa shape index (κ2) is 6.61. The number of carbonyl (C=O) groups excluding carboxylic acids is 2. The van der Waals surface area contributed by atoms with E-state index in [1.54, 1.807) is 14.2 Å². The number of fused-ring (bicyclic) bond motifs is 3. The lowest BCUT2D eigenvalue weighted by Crippen LogP contribution is -2.76. The Bertz CT molecular complexity index is 909. The fourth-order valence-electron chi connectivity index (χ4n) is 7.33. The SMILES string of the molecule is CC[C@@H]1C[C@H]2CN3CC[C@]4(C(=O)Nc5cc(OC)c(OC)cc54)[C@@](C(=O)OC)(C2)[C@@H]13. The molecule has 4 heterocycles. The minimum Gasteiger partial charge on any atom is -0.493 e. The van der Waals surface area contributed by atoms with Crippen LogP contribution in [0.1, 0.15) is 38.2 Å². The van der Waals surface area contributed by atoms with Gasteiger partial charge in [0.25, 0.3) is 0 Å². The summed E-state index contributed by atoms with van der Waals surface area (Å²) in [4.78, 5) is 29.9. The molecule has 0 radical (unpaired) electrons. The van der Waals surface area contributed by atoms with Gasteiger partial charge in [0, 0.05) is 24.3 Å². The Morgan fingerprint density at radius 3 is 2.63 bits per heavy atom. The van der Waals surface area contributed by atoms with Crippen LogP contribution in [0.4, 0.5) is 5.69 Å². The van der Waals surface area contributed by atoms with Crippen LogP contribution >= 0.6 is 0 Å². The molecule has 1 aromatic rings. The van der Waals surface area contributed by atoms with Crippen LogP contribution in [0, 0.1) is 17.3 Å². The molecular weight excluding hydrogens is 384 g/mol. The number of carbonyl (C=O) groups is 2. The Labute approximate surface area is 177 Å². The van der Waals surface area contributed by atoms with Gasteiger partial charge in [0.15, 0.2) is 11.5 Å². The van der Waals surface area contributed by atoms with Gasteiger partial charge in [0.2, 0.25) is 5.91 Å². The van der Waals surface area contributed by atoms with E-state index in [1.807, 2.05) is 12.1 Å². The highest BCUT2D eigenvalue weighted by molar-refractivity contribution is 6.10. The molecule has 30 heavy (non-hydrogen) atoms. The summed E-state index contributed by atoms with van der Waals surface area (Å²) in [5, 5.41) is 3.08. The third-order valence-electron chi connectivity index (χ3n) is 8.31. The lowest BCUT2D eigenvalue weighted by molar-refractivity contribution is -0.204. The maximum atomic E-state index is 13.8. The first kappa shape index (κ1) is 19.7. The molecular formula is C23H30N2O5. The number of hydrogen-bond donors (Lipinski definition) is 1. The van der Waals surface area contributed by atoms with Crippen molar-refractivity contribution in [2.75, 3.05) is 39.7 Å². The molecule has 1 amide bonds. The van der Waals surface area contributed by atoms with E-state index in [1.165, 1.54) is 7.11 Å². The Hall–Kier alpha value is -2.28. The number of nitrogens with zero attached hydrogens (tertiary/aromatic N) is 1. The number of nitrogens with one attached hydrogen (secondary N) is 1. The molecule has 6 atom stereocenters. The average Bonchev–Trinajstić information content (AvgIpc) is 3.05. The maximum Gasteiger partial charge on any atom is 0.314 e. The number of benzene rings is 1. The number of anilines is 1. The van der Waals surface area contributed by atoms with E-state index in [4.69, 9.17) is 14.2 Å². The topological polar surface area (TPSA) is 77.1 Å². The number of methoxy groups -OCH3 is 3. The Morgan fingerprint density at radius 2 is 1.97 bits per heavy atom. The van der Waals surface area contributed by atoms with Gasteiger partial charge in [-0.05, 0) is 49.3 Å². The summed E-state index contributed by atoms with van der Waals surface area (Å²) < 4.78 is 16.5. The van der Waals surface area contributed by atoms with Gasteiger partial charge in [-0.2, -0.15) is 0 Å². The number of esters is 1. The van der Waals surface area contributed by atoms with Crippen LogP contribution in [-0.2, 0) is 19.7 Å². The zero-order valence-corrected chi connectivity index (χ0v) is 18.1. The number of hydrogen-bond acceptors (Lipinski definition) is 6. The largest absolute Gasteiger partial charge is 0.493 e. The predicted octanol–water partition coefficient (Wildman–Crippen LogP) is 2.58. The summed E-state index contributed by atoms with van der Waals surface area (Å²) in [6.07, 6.45) is 3.40.